The van der Waals surface area contributed by atoms with Gasteiger partial charge in [-0.05, 0) is 42.0 Å². The molecule has 2 aliphatic rings. The Balaban J connectivity index is 1.26. The van der Waals surface area contributed by atoms with Crippen LogP contribution in [-0.4, -0.2) is 67.7 Å². The fourth-order valence-corrected chi connectivity index (χ4v) is 3.54. The summed E-state index contributed by atoms with van der Waals surface area (Å²) in [5.41, 5.74) is 1.91. The lowest BCUT2D eigenvalue weighted by atomic mass is 10.1. The minimum absolute atomic E-state index is 0.247. The minimum atomic E-state index is -0.699. The molecule has 162 valence electrons. The first-order chi connectivity index (χ1) is 15.0. The Labute approximate surface area is 179 Å². The predicted molar refractivity (Wildman–Crippen MR) is 111 cm³/mol. The van der Waals surface area contributed by atoms with Crippen LogP contribution in [0.4, 0.5) is 5.69 Å². The highest BCUT2D eigenvalue weighted by atomic mass is 16.7. The predicted octanol–water partition coefficient (Wildman–Crippen LogP) is 1.48. The number of rotatable bonds is 4. The van der Waals surface area contributed by atoms with Gasteiger partial charge < -0.3 is 24.4 Å². The van der Waals surface area contributed by atoms with Gasteiger partial charge in [-0.2, -0.15) is 0 Å². The van der Waals surface area contributed by atoms with Crippen LogP contribution in [0.15, 0.2) is 42.5 Å². The smallest absolute Gasteiger partial charge is 0.337 e. The van der Waals surface area contributed by atoms with E-state index in [1.165, 1.54) is 19.2 Å². The molecule has 0 unspecified atom stereocenters. The molecule has 9 heteroatoms. The summed E-state index contributed by atoms with van der Waals surface area (Å²) in [6.45, 7) is 3.26. The van der Waals surface area contributed by atoms with Gasteiger partial charge in [0.1, 0.15) is 0 Å². The second-order valence-corrected chi connectivity index (χ2v) is 7.28. The van der Waals surface area contributed by atoms with Crippen molar-refractivity contribution in [3.8, 4) is 11.5 Å². The van der Waals surface area contributed by atoms with E-state index in [1.807, 2.05) is 18.2 Å². The highest BCUT2D eigenvalue weighted by molar-refractivity contribution is 6.39. The molecular weight excluding hydrogens is 402 g/mol. The molecule has 0 spiro atoms. The Bertz CT molecular complexity index is 983. The number of hydrogen-bond acceptors (Lipinski definition) is 7. The molecule has 2 amide bonds. The summed E-state index contributed by atoms with van der Waals surface area (Å²) >= 11 is 0. The fourth-order valence-electron chi connectivity index (χ4n) is 3.54. The molecule has 0 atom stereocenters. The van der Waals surface area contributed by atoms with E-state index in [9.17, 15) is 14.4 Å². The average Bonchev–Trinajstić information content (AvgIpc) is 3.27. The van der Waals surface area contributed by atoms with Crippen LogP contribution in [0.3, 0.4) is 0 Å². The number of carbonyl (C=O) groups excluding carboxylic acids is 3. The van der Waals surface area contributed by atoms with Gasteiger partial charge in [-0.1, -0.05) is 6.07 Å². The Morgan fingerprint density at radius 3 is 2.39 bits per heavy atom. The van der Waals surface area contributed by atoms with Gasteiger partial charge in [0.25, 0.3) is 0 Å². The maximum atomic E-state index is 12.5. The van der Waals surface area contributed by atoms with Crippen molar-refractivity contribution in [3.63, 3.8) is 0 Å². The molecule has 2 aromatic carbocycles. The largest absolute Gasteiger partial charge is 0.465 e. The third kappa shape index (κ3) is 4.77. The van der Waals surface area contributed by atoms with Crippen molar-refractivity contribution < 1.29 is 28.6 Å². The molecule has 1 saturated heterocycles. The van der Waals surface area contributed by atoms with E-state index in [4.69, 9.17) is 9.47 Å². The number of nitrogens with zero attached hydrogens (tertiary/aromatic N) is 2. The van der Waals surface area contributed by atoms with E-state index >= 15 is 0 Å². The van der Waals surface area contributed by atoms with Crippen molar-refractivity contribution in [2.45, 2.75) is 6.54 Å². The Hall–Kier alpha value is -3.59. The number of hydrogen-bond donors (Lipinski definition) is 1. The summed E-state index contributed by atoms with van der Waals surface area (Å²) < 4.78 is 15.4. The van der Waals surface area contributed by atoms with Crippen LogP contribution in [0.1, 0.15) is 15.9 Å². The molecular formula is C22H23N3O6. The van der Waals surface area contributed by atoms with Gasteiger partial charge in [0, 0.05) is 38.4 Å². The number of esters is 1. The lowest BCUT2D eigenvalue weighted by Crippen LogP contribution is -2.51. The van der Waals surface area contributed by atoms with Crippen LogP contribution in [-0.2, 0) is 20.9 Å². The van der Waals surface area contributed by atoms with Crippen molar-refractivity contribution in [1.82, 2.24) is 9.80 Å². The third-order valence-corrected chi connectivity index (χ3v) is 5.26. The molecule has 1 fully saturated rings. The fraction of sp³-hybridized carbons (Fsp3) is 0.318. The maximum Gasteiger partial charge on any atom is 0.337 e. The lowest BCUT2D eigenvalue weighted by molar-refractivity contribution is -0.144. The number of fused-ring (bicyclic) bond motifs is 1. The zero-order chi connectivity index (χ0) is 21.8. The molecule has 2 aromatic rings. The van der Waals surface area contributed by atoms with Crippen molar-refractivity contribution in [2.75, 3.05) is 45.4 Å². The molecule has 31 heavy (non-hydrogen) atoms. The zero-order valence-electron chi connectivity index (χ0n) is 17.1. The summed E-state index contributed by atoms with van der Waals surface area (Å²) in [7, 11) is 1.30. The maximum absolute atomic E-state index is 12.5. The number of nitrogens with one attached hydrogen (secondary N) is 1. The number of carbonyl (C=O) groups is 3. The summed E-state index contributed by atoms with van der Waals surface area (Å²) in [5.74, 6) is -0.227. The molecule has 4 rings (SSSR count). The number of anilines is 1. The molecule has 9 nitrogen and oxygen atoms in total. The summed E-state index contributed by atoms with van der Waals surface area (Å²) in [6, 6.07) is 12.0. The molecule has 0 aromatic heterocycles. The van der Waals surface area contributed by atoms with Gasteiger partial charge in [-0.15, -0.1) is 0 Å². The van der Waals surface area contributed by atoms with Gasteiger partial charge in [-0.25, -0.2) is 4.79 Å². The Kier molecular flexibility index (Phi) is 6.03. The SMILES string of the molecule is COC(=O)c1ccc(NC(=O)C(=O)N2CCN(Cc3ccc4c(c3)OCO4)CC2)cc1. The van der Waals surface area contributed by atoms with E-state index in [1.54, 1.807) is 17.0 Å². The molecule has 0 saturated carbocycles. The van der Waals surface area contributed by atoms with E-state index in [0.717, 1.165) is 23.6 Å². The highest BCUT2D eigenvalue weighted by Crippen LogP contribution is 2.32. The third-order valence-electron chi connectivity index (χ3n) is 5.26. The van der Waals surface area contributed by atoms with E-state index in [2.05, 4.69) is 15.0 Å². The monoisotopic (exact) mass is 425 g/mol. The molecule has 2 aliphatic heterocycles. The van der Waals surface area contributed by atoms with Crippen LogP contribution >= 0.6 is 0 Å². The standard InChI is InChI=1S/C22H23N3O6/c1-29-22(28)16-3-5-17(6-4-16)23-20(26)21(27)25-10-8-24(9-11-25)13-15-2-7-18-19(12-15)31-14-30-18/h2-7,12H,8-11,13-14H2,1H3,(H,23,26). The normalized spacial score (nSPS) is 15.5. The zero-order valence-corrected chi connectivity index (χ0v) is 17.1. The van der Waals surface area contributed by atoms with Gasteiger partial charge in [-0.3, -0.25) is 14.5 Å². The van der Waals surface area contributed by atoms with Crippen LogP contribution < -0.4 is 14.8 Å². The van der Waals surface area contributed by atoms with Gasteiger partial charge >= 0.3 is 17.8 Å². The van der Waals surface area contributed by atoms with Crippen LogP contribution in [0.25, 0.3) is 0 Å². The summed E-state index contributed by atoms with van der Waals surface area (Å²) in [5, 5.41) is 2.58. The molecule has 0 bridgehead atoms. The number of amides is 2. The van der Waals surface area contributed by atoms with Crippen molar-refractivity contribution in [1.29, 1.82) is 0 Å². The van der Waals surface area contributed by atoms with Gasteiger partial charge in [0.2, 0.25) is 6.79 Å². The highest BCUT2D eigenvalue weighted by Gasteiger charge is 2.26. The quantitative estimate of drug-likeness (QED) is 0.585. The minimum Gasteiger partial charge on any atom is -0.465 e. The van der Waals surface area contributed by atoms with Crippen molar-refractivity contribution >= 4 is 23.5 Å². The molecule has 0 aliphatic carbocycles. The van der Waals surface area contributed by atoms with Crippen LogP contribution in [0, 0.1) is 0 Å². The number of ether oxygens (including phenoxy) is 3. The number of benzene rings is 2. The lowest BCUT2D eigenvalue weighted by Gasteiger charge is -2.34. The first-order valence-electron chi connectivity index (χ1n) is 9.93. The summed E-state index contributed by atoms with van der Waals surface area (Å²) in [4.78, 5) is 40.1. The van der Waals surface area contributed by atoms with Crippen LogP contribution in [0.2, 0.25) is 0 Å². The molecule has 2 heterocycles. The van der Waals surface area contributed by atoms with Crippen molar-refractivity contribution in [2.24, 2.45) is 0 Å². The second-order valence-electron chi connectivity index (χ2n) is 7.28. The number of piperazine rings is 1. The van der Waals surface area contributed by atoms with E-state index in [-0.39, 0.29) is 6.79 Å². The molecule has 0 radical (unpaired) electrons. The van der Waals surface area contributed by atoms with E-state index in [0.29, 0.717) is 37.4 Å². The first kappa shape index (κ1) is 20.7. The van der Waals surface area contributed by atoms with E-state index < -0.39 is 17.8 Å². The Morgan fingerprint density at radius 2 is 1.68 bits per heavy atom. The van der Waals surface area contributed by atoms with Gasteiger partial charge in [0.15, 0.2) is 11.5 Å². The van der Waals surface area contributed by atoms with Gasteiger partial charge in [0.05, 0.1) is 12.7 Å². The topological polar surface area (TPSA) is 97.4 Å². The summed E-state index contributed by atoms with van der Waals surface area (Å²) in [6.07, 6.45) is 0. The molecule has 1 N–H and O–H groups in total. The number of methoxy groups -OCH3 is 1. The van der Waals surface area contributed by atoms with Crippen molar-refractivity contribution in [3.05, 3.63) is 53.6 Å². The first-order valence-corrected chi connectivity index (χ1v) is 9.93. The average molecular weight is 425 g/mol. The van der Waals surface area contributed by atoms with Crippen LogP contribution in [0.5, 0.6) is 11.5 Å². The second kappa shape index (κ2) is 9.05. The Morgan fingerprint density at radius 1 is 0.968 bits per heavy atom.